The van der Waals surface area contributed by atoms with Crippen LogP contribution in [0.15, 0.2) is 60.7 Å². The number of hydrogen-bond acceptors (Lipinski definition) is 3. The zero-order valence-electron chi connectivity index (χ0n) is 10.9. The van der Waals surface area contributed by atoms with Gasteiger partial charge in [-0.15, -0.1) is 0 Å². The van der Waals surface area contributed by atoms with E-state index in [9.17, 15) is 4.79 Å². The lowest BCUT2D eigenvalue weighted by atomic mass is 9.93. The van der Waals surface area contributed by atoms with Gasteiger partial charge in [0.1, 0.15) is 12.1 Å². The van der Waals surface area contributed by atoms with Gasteiger partial charge in [0.05, 0.1) is 0 Å². The summed E-state index contributed by atoms with van der Waals surface area (Å²) < 4.78 is 5.28. The molecule has 0 aliphatic rings. The molecule has 1 atom stereocenters. The molecule has 0 radical (unpaired) electrons. The highest BCUT2D eigenvalue weighted by molar-refractivity contribution is 5.81. The Bertz CT molecular complexity index is 535. The Labute approximate surface area is 113 Å². The number of carbonyl (C=O) groups excluding carboxylic acids is 1. The molecular weight excluding hydrogens is 238 g/mol. The number of nitrogens with two attached hydrogens (primary N) is 1. The normalized spacial score (nSPS) is 13.6. The smallest absolute Gasteiger partial charge is 0.330 e. The molecule has 2 rings (SSSR count). The number of ether oxygens (including phenoxy) is 1. The van der Waals surface area contributed by atoms with Crippen LogP contribution in [0, 0.1) is 0 Å². The molecule has 0 spiro atoms. The minimum Gasteiger partial charge on any atom is -0.459 e. The average Bonchev–Trinajstić information content (AvgIpc) is 2.46. The van der Waals surface area contributed by atoms with Crippen LogP contribution in [0.3, 0.4) is 0 Å². The van der Waals surface area contributed by atoms with E-state index in [-0.39, 0.29) is 6.61 Å². The van der Waals surface area contributed by atoms with Crippen LogP contribution in [0.2, 0.25) is 0 Å². The number of benzene rings is 2. The van der Waals surface area contributed by atoms with E-state index in [1.54, 1.807) is 6.92 Å². The molecule has 0 fully saturated rings. The Morgan fingerprint density at radius 2 is 1.58 bits per heavy atom. The minimum atomic E-state index is -1.13. The molecule has 2 aromatic rings. The van der Waals surface area contributed by atoms with E-state index in [0.29, 0.717) is 0 Å². The van der Waals surface area contributed by atoms with Gasteiger partial charge < -0.3 is 10.5 Å². The second kappa shape index (κ2) is 5.67. The summed E-state index contributed by atoms with van der Waals surface area (Å²) >= 11 is 0. The van der Waals surface area contributed by atoms with Gasteiger partial charge in [0.15, 0.2) is 0 Å². The fraction of sp³-hybridized carbons (Fsp3) is 0.188. The second-order valence-corrected chi connectivity index (χ2v) is 4.63. The third-order valence-electron chi connectivity index (χ3n) is 3.01. The number of carbonyl (C=O) groups is 1. The van der Waals surface area contributed by atoms with Crippen LogP contribution in [0.1, 0.15) is 18.1 Å². The quantitative estimate of drug-likeness (QED) is 0.854. The van der Waals surface area contributed by atoms with Crippen molar-refractivity contribution in [1.29, 1.82) is 0 Å². The van der Waals surface area contributed by atoms with Gasteiger partial charge in [-0.25, -0.2) is 4.79 Å². The molecule has 0 saturated carbocycles. The first-order valence-electron chi connectivity index (χ1n) is 6.16. The average molecular weight is 255 g/mol. The lowest BCUT2D eigenvalue weighted by Gasteiger charge is -2.23. The Balaban J connectivity index is 2.03. The van der Waals surface area contributed by atoms with Gasteiger partial charge in [0.2, 0.25) is 0 Å². The SMILES string of the molecule is C[C@](N)(C(=O)OCc1ccccc1)c1ccccc1. The Kier molecular flexibility index (Phi) is 3.97. The Hall–Kier alpha value is -2.13. The van der Waals surface area contributed by atoms with Crippen LogP contribution in [0.4, 0.5) is 0 Å². The maximum Gasteiger partial charge on any atom is 0.330 e. The van der Waals surface area contributed by atoms with E-state index < -0.39 is 11.5 Å². The summed E-state index contributed by atoms with van der Waals surface area (Å²) in [4.78, 5) is 12.1. The Morgan fingerprint density at radius 1 is 1.05 bits per heavy atom. The van der Waals surface area contributed by atoms with E-state index in [4.69, 9.17) is 10.5 Å². The van der Waals surface area contributed by atoms with Crippen LogP contribution < -0.4 is 5.73 Å². The molecule has 0 aliphatic carbocycles. The van der Waals surface area contributed by atoms with E-state index in [1.165, 1.54) is 0 Å². The largest absolute Gasteiger partial charge is 0.459 e. The highest BCUT2D eigenvalue weighted by Gasteiger charge is 2.32. The van der Waals surface area contributed by atoms with Gasteiger partial charge in [-0.1, -0.05) is 60.7 Å². The molecule has 2 N–H and O–H groups in total. The van der Waals surface area contributed by atoms with Crippen molar-refractivity contribution < 1.29 is 9.53 Å². The summed E-state index contributed by atoms with van der Waals surface area (Å²) in [7, 11) is 0. The third kappa shape index (κ3) is 3.20. The molecule has 0 heterocycles. The van der Waals surface area contributed by atoms with Crippen molar-refractivity contribution in [1.82, 2.24) is 0 Å². The Morgan fingerprint density at radius 3 is 2.16 bits per heavy atom. The molecule has 0 saturated heterocycles. The fourth-order valence-electron chi connectivity index (χ4n) is 1.78. The summed E-state index contributed by atoms with van der Waals surface area (Å²) in [5, 5.41) is 0. The van der Waals surface area contributed by atoms with Gasteiger partial charge in [-0.2, -0.15) is 0 Å². The van der Waals surface area contributed by atoms with Gasteiger partial charge in [-0.3, -0.25) is 0 Å². The standard InChI is InChI=1S/C16H17NO2/c1-16(17,14-10-6-3-7-11-14)15(18)19-12-13-8-4-2-5-9-13/h2-11H,12,17H2,1H3/t16-/m1/s1. The van der Waals surface area contributed by atoms with E-state index >= 15 is 0 Å². The minimum absolute atomic E-state index is 0.235. The monoisotopic (exact) mass is 255 g/mol. The zero-order chi connectivity index (χ0) is 13.7. The topological polar surface area (TPSA) is 52.3 Å². The van der Waals surface area contributed by atoms with E-state index in [1.807, 2.05) is 60.7 Å². The summed E-state index contributed by atoms with van der Waals surface area (Å²) in [5.41, 5.74) is 6.63. The van der Waals surface area contributed by atoms with Crippen LogP contribution in [-0.2, 0) is 21.7 Å². The lowest BCUT2D eigenvalue weighted by Crippen LogP contribution is -2.43. The molecular formula is C16H17NO2. The molecule has 0 aromatic heterocycles. The highest BCUT2D eigenvalue weighted by Crippen LogP contribution is 2.19. The van der Waals surface area contributed by atoms with Crippen molar-refractivity contribution in [3.05, 3.63) is 71.8 Å². The number of rotatable bonds is 4. The van der Waals surface area contributed by atoms with Crippen molar-refractivity contribution in [2.45, 2.75) is 19.1 Å². The van der Waals surface area contributed by atoms with Crippen molar-refractivity contribution >= 4 is 5.97 Å². The maximum absolute atomic E-state index is 12.1. The van der Waals surface area contributed by atoms with Gasteiger partial charge >= 0.3 is 5.97 Å². The fourth-order valence-corrected chi connectivity index (χ4v) is 1.78. The van der Waals surface area contributed by atoms with Crippen molar-refractivity contribution in [2.75, 3.05) is 0 Å². The summed E-state index contributed by atoms with van der Waals surface area (Å²) in [6, 6.07) is 18.8. The molecule has 0 aliphatic heterocycles. The van der Waals surface area contributed by atoms with Gasteiger partial charge in [-0.05, 0) is 18.1 Å². The predicted octanol–water partition coefficient (Wildman–Crippen LogP) is 2.60. The first-order valence-corrected chi connectivity index (χ1v) is 6.16. The molecule has 98 valence electrons. The van der Waals surface area contributed by atoms with E-state index in [2.05, 4.69) is 0 Å². The molecule has 0 bridgehead atoms. The zero-order valence-corrected chi connectivity index (χ0v) is 10.9. The van der Waals surface area contributed by atoms with Crippen LogP contribution >= 0.6 is 0 Å². The molecule has 19 heavy (non-hydrogen) atoms. The maximum atomic E-state index is 12.1. The molecule has 0 unspecified atom stereocenters. The summed E-state index contributed by atoms with van der Waals surface area (Å²) in [5.74, 6) is -0.428. The molecule has 3 nitrogen and oxygen atoms in total. The predicted molar refractivity (Wildman–Crippen MR) is 74.2 cm³/mol. The van der Waals surface area contributed by atoms with Crippen LogP contribution in [0.25, 0.3) is 0 Å². The number of hydrogen-bond donors (Lipinski definition) is 1. The first-order chi connectivity index (χ1) is 9.10. The molecule has 2 aromatic carbocycles. The van der Waals surface area contributed by atoms with Crippen molar-refractivity contribution in [2.24, 2.45) is 5.73 Å². The summed E-state index contributed by atoms with van der Waals surface area (Å²) in [6.45, 7) is 1.90. The molecule has 3 heteroatoms. The number of esters is 1. The van der Waals surface area contributed by atoms with Gasteiger partial charge in [0, 0.05) is 0 Å². The second-order valence-electron chi connectivity index (χ2n) is 4.63. The van der Waals surface area contributed by atoms with Crippen molar-refractivity contribution in [3.63, 3.8) is 0 Å². The molecule has 0 amide bonds. The summed E-state index contributed by atoms with van der Waals surface area (Å²) in [6.07, 6.45) is 0. The first kappa shape index (κ1) is 13.3. The lowest BCUT2D eigenvalue weighted by molar-refractivity contribution is -0.151. The highest BCUT2D eigenvalue weighted by atomic mass is 16.5. The van der Waals surface area contributed by atoms with Crippen molar-refractivity contribution in [3.8, 4) is 0 Å². The van der Waals surface area contributed by atoms with E-state index in [0.717, 1.165) is 11.1 Å². The van der Waals surface area contributed by atoms with Gasteiger partial charge in [0.25, 0.3) is 0 Å². The van der Waals surface area contributed by atoms with Crippen LogP contribution in [0.5, 0.6) is 0 Å². The third-order valence-corrected chi connectivity index (χ3v) is 3.01. The van der Waals surface area contributed by atoms with Crippen LogP contribution in [-0.4, -0.2) is 5.97 Å².